The van der Waals surface area contributed by atoms with Gasteiger partial charge in [0, 0.05) is 18.7 Å². The second-order valence-electron chi connectivity index (χ2n) is 9.69. The summed E-state index contributed by atoms with van der Waals surface area (Å²) in [4.78, 5) is 28.0. The maximum atomic E-state index is 13.6. The predicted octanol–water partition coefficient (Wildman–Crippen LogP) is 5.32. The fraction of sp³-hybridized carbons (Fsp3) is 0.333. The van der Waals surface area contributed by atoms with Gasteiger partial charge in [0.15, 0.2) is 6.10 Å². The molecule has 1 N–H and O–H groups in total. The minimum atomic E-state index is -0.616. The van der Waals surface area contributed by atoms with Gasteiger partial charge < -0.3 is 15.0 Å². The smallest absolute Gasteiger partial charge is 0.260 e. The zero-order valence-electron chi connectivity index (χ0n) is 21.0. The number of hydrogen-bond donors (Lipinski definition) is 1. The number of aryl methyl sites for hydroxylation is 1. The molecule has 0 fully saturated rings. The summed E-state index contributed by atoms with van der Waals surface area (Å²) in [7, 11) is 0. The summed E-state index contributed by atoms with van der Waals surface area (Å²) in [5.41, 5.74) is 5.12. The average molecular weight is 471 g/mol. The Morgan fingerprint density at radius 1 is 1.00 bits per heavy atom. The SMILES string of the molecule is Cc1cccc([C@@H]2c3cc(O[C@H](C)C(=O)NCC(C)C)ccc3CCN2C(=O)c2ccccc2)c1. The molecule has 5 nitrogen and oxygen atoms in total. The molecule has 4 rings (SSSR count). The van der Waals surface area contributed by atoms with Crippen molar-refractivity contribution in [3.8, 4) is 5.75 Å². The lowest BCUT2D eigenvalue weighted by atomic mass is 9.87. The molecule has 0 bridgehead atoms. The van der Waals surface area contributed by atoms with Crippen molar-refractivity contribution in [3.63, 3.8) is 0 Å². The molecule has 1 aliphatic heterocycles. The number of amides is 2. The Morgan fingerprint density at radius 2 is 1.77 bits per heavy atom. The molecule has 5 heteroatoms. The number of benzene rings is 3. The molecule has 2 atom stereocenters. The van der Waals surface area contributed by atoms with Crippen LogP contribution in [0.2, 0.25) is 0 Å². The molecule has 3 aromatic rings. The number of carbonyl (C=O) groups is 2. The van der Waals surface area contributed by atoms with Crippen molar-refractivity contribution in [3.05, 3.63) is 101 Å². The normalized spacial score (nSPS) is 15.9. The highest BCUT2D eigenvalue weighted by atomic mass is 16.5. The van der Waals surface area contributed by atoms with Crippen LogP contribution in [0.25, 0.3) is 0 Å². The van der Waals surface area contributed by atoms with Gasteiger partial charge in [-0.3, -0.25) is 9.59 Å². The Morgan fingerprint density at radius 3 is 2.49 bits per heavy atom. The molecule has 0 aromatic heterocycles. The first-order chi connectivity index (χ1) is 16.8. The third kappa shape index (κ3) is 5.73. The molecule has 0 unspecified atom stereocenters. The zero-order chi connectivity index (χ0) is 24.9. The summed E-state index contributed by atoms with van der Waals surface area (Å²) in [5.74, 6) is 0.878. The van der Waals surface area contributed by atoms with E-state index >= 15 is 0 Å². The van der Waals surface area contributed by atoms with E-state index in [-0.39, 0.29) is 17.9 Å². The Hall–Kier alpha value is -3.60. The monoisotopic (exact) mass is 470 g/mol. The molecule has 0 saturated heterocycles. The van der Waals surface area contributed by atoms with Gasteiger partial charge in [0.1, 0.15) is 5.75 Å². The Bertz CT molecular complexity index is 1190. The van der Waals surface area contributed by atoms with E-state index in [1.165, 1.54) is 5.56 Å². The average Bonchev–Trinajstić information content (AvgIpc) is 2.86. The van der Waals surface area contributed by atoms with Gasteiger partial charge in [-0.2, -0.15) is 0 Å². The standard InChI is InChI=1S/C30H34N2O3/c1-20(2)19-31-29(33)22(4)35-26-14-13-23-15-16-32(30(34)24-10-6-5-7-11-24)28(27(23)18-26)25-12-8-9-21(3)17-25/h5-14,17-18,20,22,28H,15-16,19H2,1-4H3,(H,31,33)/t22-,28-/m1/s1. The van der Waals surface area contributed by atoms with Gasteiger partial charge >= 0.3 is 0 Å². The fourth-order valence-corrected chi connectivity index (χ4v) is 4.54. The summed E-state index contributed by atoms with van der Waals surface area (Å²) in [5, 5.41) is 2.93. The number of nitrogens with zero attached hydrogens (tertiary/aromatic N) is 1. The van der Waals surface area contributed by atoms with Crippen LogP contribution in [0.3, 0.4) is 0 Å². The highest BCUT2D eigenvalue weighted by molar-refractivity contribution is 5.95. The Labute approximate surface area is 208 Å². The van der Waals surface area contributed by atoms with Crippen molar-refractivity contribution >= 4 is 11.8 Å². The predicted molar refractivity (Wildman–Crippen MR) is 139 cm³/mol. The van der Waals surface area contributed by atoms with Crippen molar-refractivity contribution in [2.75, 3.05) is 13.1 Å². The van der Waals surface area contributed by atoms with Crippen molar-refractivity contribution < 1.29 is 14.3 Å². The number of carbonyl (C=O) groups excluding carboxylic acids is 2. The van der Waals surface area contributed by atoms with Crippen LogP contribution in [0.15, 0.2) is 72.8 Å². The van der Waals surface area contributed by atoms with E-state index in [0.717, 1.165) is 23.1 Å². The van der Waals surface area contributed by atoms with Crippen LogP contribution in [-0.4, -0.2) is 35.9 Å². The molecule has 35 heavy (non-hydrogen) atoms. The number of fused-ring (bicyclic) bond motifs is 1. The molecule has 0 saturated carbocycles. The summed E-state index contributed by atoms with van der Waals surface area (Å²) in [6, 6.07) is 23.5. The molecule has 1 heterocycles. The molecule has 3 aromatic carbocycles. The highest BCUT2D eigenvalue weighted by Crippen LogP contribution is 2.38. The van der Waals surface area contributed by atoms with E-state index in [0.29, 0.717) is 30.3 Å². The number of nitrogens with one attached hydrogen (secondary N) is 1. The maximum Gasteiger partial charge on any atom is 0.260 e. The lowest BCUT2D eigenvalue weighted by molar-refractivity contribution is -0.127. The van der Waals surface area contributed by atoms with E-state index in [1.807, 2.05) is 53.4 Å². The molecule has 0 radical (unpaired) electrons. The van der Waals surface area contributed by atoms with Gasteiger partial charge in [-0.15, -0.1) is 0 Å². The number of hydrogen-bond acceptors (Lipinski definition) is 3. The van der Waals surface area contributed by atoms with E-state index < -0.39 is 6.10 Å². The van der Waals surface area contributed by atoms with Gasteiger partial charge in [-0.25, -0.2) is 0 Å². The third-order valence-electron chi connectivity index (χ3n) is 6.35. The fourth-order valence-electron chi connectivity index (χ4n) is 4.54. The maximum absolute atomic E-state index is 13.6. The van der Waals surface area contributed by atoms with Gasteiger partial charge in [-0.05, 0) is 67.1 Å². The molecule has 182 valence electrons. The Balaban J connectivity index is 1.68. The minimum absolute atomic E-state index is 0.00973. The van der Waals surface area contributed by atoms with Crippen molar-refractivity contribution in [2.24, 2.45) is 5.92 Å². The third-order valence-corrected chi connectivity index (χ3v) is 6.35. The van der Waals surface area contributed by atoms with Crippen LogP contribution in [0.1, 0.15) is 59.4 Å². The molecule has 0 aliphatic carbocycles. The molecule has 0 spiro atoms. The van der Waals surface area contributed by atoms with Crippen LogP contribution in [-0.2, 0) is 11.2 Å². The van der Waals surface area contributed by atoms with Crippen molar-refractivity contribution in [2.45, 2.75) is 46.3 Å². The van der Waals surface area contributed by atoms with Crippen molar-refractivity contribution in [1.82, 2.24) is 10.2 Å². The van der Waals surface area contributed by atoms with Gasteiger partial charge in [0.05, 0.1) is 6.04 Å². The number of rotatable bonds is 7. The lowest BCUT2D eigenvalue weighted by Crippen LogP contribution is -2.41. The second kappa shape index (κ2) is 10.8. The molecule has 1 aliphatic rings. The largest absolute Gasteiger partial charge is 0.481 e. The van der Waals surface area contributed by atoms with Crippen LogP contribution >= 0.6 is 0 Å². The highest BCUT2D eigenvalue weighted by Gasteiger charge is 2.33. The van der Waals surface area contributed by atoms with Gasteiger partial charge in [-0.1, -0.05) is 67.9 Å². The summed E-state index contributed by atoms with van der Waals surface area (Å²) < 4.78 is 6.05. The topological polar surface area (TPSA) is 58.6 Å². The van der Waals surface area contributed by atoms with Crippen LogP contribution in [0.5, 0.6) is 5.75 Å². The molecular formula is C30H34N2O3. The van der Waals surface area contributed by atoms with Gasteiger partial charge in [0.2, 0.25) is 0 Å². The molecular weight excluding hydrogens is 436 g/mol. The molecule has 2 amide bonds. The second-order valence-corrected chi connectivity index (χ2v) is 9.69. The first kappa shape index (κ1) is 24.5. The van der Waals surface area contributed by atoms with E-state index in [4.69, 9.17) is 4.74 Å². The van der Waals surface area contributed by atoms with E-state index in [9.17, 15) is 9.59 Å². The first-order valence-electron chi connectivity index (χ1n) is 12.3. The van der Waals surface area contributed by atoms with Crippen molar-refractivity contribution in [1.29, 1.82) is 0 Å². The minimum Gasteiger partial charge on any atom is -0.481 e. The first-order valence-corrected chi connectivity index (χ1v) is 12.3. The summed E-state index contributed by atoms with van der Waals surface area (Å²) in [6.07, 6.45) is 0.149. The number of ether oxygens (including phenoxy) is 1. The quantitative estimate of drug-likeness (QED) is 0.508. The van der Waals surface area contributed by atoms with Gasteiger partial charge in [0.25, 0.3) is 11.8 Å². The summed E-state index contributed by atoms with van der Waals surface area (Å²) in [6.45, 7) is 9.19. The van der Waals surface area contributed by atoms with Crippen LogP contribution in [0, 0.1) is 12.8 Å². The van der Waals surface area contributed by atoms with Crippen LogP contribution < -0.4 is 10.1 Å². The van der Waals surface area contributed by atoms with E-state index in [2.05, 4.69) is 50.4 Å². The Kier molecular flexibility index (Phi) is 7.54. The lowest BCUT2D eigenvalue weighted by Gasteiger charge is -2.38. The zero-order valence-corrected chi connectivity index (χ0v) is 21.0. The summed E-state index contributed by atoms with van der Waals surface area (Å²) >= 11 is 0. The van der Waals surface area contributed by atoms with E-state index in [1.54, 1.807) is 6.92 Å². The van der Waals surface area contributed by atoms with Crippen LogP contribution in [0.4, 0.5) is 0 Å².